The van der Waals surface area contributed by atoms with Gasteiger partial charge in [-0.2, -0.15) is 13.2 Å². The van der Waals surface area contributed by atoms with Crippen molar-refractivity contribution in [3.63, 3.8) is 0 Å². The summed E-state index contributed by atoms with van der Waals surface area (Å²) in [7, 11) is 0. The molecule has 0 bridgehead atoms. The van der Waals surface area contributed by atoms with Crippen molar-refractivity contribution in [3.8, 4) is 0 Å². The molecule has 1 nitrogen and oxygen atoms in total. The van der Waals surface area contributed by atoms with Crippen LogP contribution in [-0.4, -0.2) is 10.3 Å². The number of Topliss-reactive ketones (excluding diaryl/α,β-unsaturated/α-hetero) is 1. The predicted octanol–water partition coefficient (Wildman–Crippen LogP) is 8.03. The van der Waals surface area contributed by atoms with E-state index in [4.69, 9.17) is 0 Å². The van der Waals surface area contributed by atoms with Crippen LogP contribution < -0.4 is 0 Å². The summed E-state index contributed by atoms with van der Waals surface area (Å²) < 4.78 is 45.5. The monoisotopic (exact) mass is 538 g/mol. The number of alkyl halides is 3. The third-order valence-electron chi connectivity index (χ3n) is 4.76. The summed E-state index contributed by atoms with van der Waals surface area (Å²) in [5.41, 5.74) is 0.822. The van der Waals surface area contributed by atoms with Crippen molar-refractivity contribution in [2.75, 3.05) is 0 Å². The topological polar surface area (TPSA) is 17.1 Å². The quantitative estimate of drug-likeness (QED) is 0.144. The average molecular weight is 538 g/mol. The highest BCUT2D eigenvalue weighted by atomic mass is 127. The molecule has 0 N–H and O–H groups in total. The van der Waals surface area contributed by atoms with E-state index in [2.05, 4.69) is 4.51 Å². The van der Waals surface area contributed by atoms with E-state index in [-0.39, 0.29) is 11.5 Å². The zero-order valence-electron chi connectivity index (χ0n) is 17.8. The number of hydrogen-bond donors (Lipinski definition) is 0. The second kappa shape index (κ2) is 11.4. The molecule has 5 heteroatoms. The Labute approximate surface area is 192 Å². The van der Waals surface area contributed by atoms with Crippen molar-refractivity contribution in [2.24, 2.45) is 5.92 Å². The van der Waals surface area contributed by atoms with Crippen LogP contribution in [0.2, 0.25) is 0 Å². The van der Waals surface area contributed by atoms with Gasteiger partial charge in [-0.25, -0.2) is 0 Å². The molecule has 0 spiro atoms. The maximum atomic E-state index is 13.6. The molecule has 0 aromatic heterocycles. The minimum absolute atomic E-state index is 0.195. The van der Waals surface area contributed by atoms with Gasteiger partial charge in [-0.1, -0.05) is 92.9 Å². The lowest BCUT2D eigenvalue weighted by molar-refractivity contribution is -0.137. The van der Waals surface area contributed by atoms with Gasteiger partial charge in [-0.05, 0) is 53.0 Å². The molecule has 2 rings (SSSR count). The first-order valence-electron chi connectivity index (χ1n) is 9.87. The number of hydrogen-bond acceptors (Lipinski definition) is 1. The van der Waals surface area contributed by atoms with Crippen molar-refractivity contribution < 1.29 is 18.0 Å². The molecule has 0 amide bonds. The van der Waals surface area contributed by atoms with Crippen LogP contribution >= 0.6 is 20.7 Å². The van der Waals surface area contributed by atoms with Gasteiger partial charge in [0.2, 0.25) is 0 Å². The molecule has 0 aliphatic carbocycles. The zero-order chi connectivity index (χ0) is 23.0. The molecule has 0 aliphatic rings. The van der Waals surface area contributed by atoms with E-state index in [9.17, 15) is 18.0 Å². The smallest absolute Gasteiger partial charge is 0.289 e. The van der Waals surface area contributed by atoms with Crippen LogP contribution in [0.25, 0.3) is 6.08 Å². The van der Waals surface area contributed by atoms with Crippen molar-refractivity contribution in [3.05, 3.63) is 98.2 Å². The van der Waals surface area contributed by atoms with Crippen LogP contribution in [-0.2, 0) is 12.6 Å². The van der Waals surface area contributed by atoms with E-state index in [1.807, 2.05) is 43.3 Å². The lowest BCUT2D eigenvalue weighted by atomic mass is 9.94. The van der Waals surface area contributed by atoms with Crippen LogP contribution in [0.3, 0.4) is 0 Å². The molecule has 1 unspecified atom stereocenters. The molecule has 2 aromatic rings. The van der Waals surface area contributed by atoms with Crippen molar-refractivity contribution in [2.45, 2.75) is 33.4 Å². The Morgan fingerprint density at radius 1 is 1.16 bits per heavy atom. The number of ketones is 1. The van der Waals surface area contributed by atoms with Crippen molar-refractivity contribution in [1.82, 2.24) is 0 Å². The maximum absolute atomic E-state index is 13.6. The minimum Gasteiger partial charge on any atom is -0.289 e. The third kappa shape index (κ3) is 7.13. The van der Waals surface area contributed by atoms with E-state index in [1.165, 1.54) is 17.7 Å². The fraction of sp³-hybridized carbons (Fsp3) is 0.231. The maximum Gasteiger partial charge on any atom is 0.417 e. The fourth-order valence-electron chi connectivity index (χ4n) is 3.16. The van der Waals surface area contributed by atoms with Gasteiger partial charge >= 0.3 is 6.18 Å². The molecule has 0 heterocycles. The van der Waals surface area contributed by atoms with Crippen LogP contribution in [0.4, 0.5) is 13.2 Å². The summed E-state index contributed by atoms with van der Waals surface area (Å²) >= 11 is -0.659. The Bertz CT molecular complexity index is 1010. The molecular weight excluding hydrogens is 512 g/mol. The average Bonchev–Trinajstić information content (AvgIpc) is 2.75. The summed E-state index contributed by atoms with van der Waals surface area (Å²) in [6.07, 6.45) is 3.20. The Hall–Kier alpha value is -2.28. The molecule has 31 heavy (non-hydrogen) atoms. The van der Waals surface area contributed by atoms with Gasteiger partial charge < -0.3 is 0 Å². The Kier molecular flexibility index (Phi) is 9.16. The van der Waals surface area contributed by atoms with Gasteiger partial charge in [0.1, 0.15) is 0 Å². The lowest BCUT2D eigenvalue weighted by Crippen LogP contribution is -2.14. The zero-order valence-corrected chi connectivity index (χ0v) is 20.0. The predicted molar refractivity (Wildman–Crippen MR) is 133 cm³/mol. The molecular formula is C26H26F3IO. The van der Waals surface area contributed by atoms with Gasteiger partial charge in [-0.15, -0.1) is 0 Å². The summed E-state index contributed by atoms with van der Waals surface area (Å²) in [6.45, 7) is 5.55. The minimum atomic E-state index is -4.61. The molecule has 0 fully saturated rings. The highest BCUT2D eigenvalue weighted by molar-refractivity contribution is 14.2. The molecule has 0 saturated heterocycles. The molecule has 2 aromatic carbocycles. The SMILES string of the molecule is C=I/C(C)=C(\C=C/C)C(=O)c1cc(/C=C\C(C)Cc2ccccc2)ccc1C(F)(F)F. The van der Waals surface area contributed by atoms with Gasteiger partial charge in [-0.3, -0.25) is 4.79 Å². The number of carbonyl (C=O) groups is 1. The Balaban J connectivity index is 2.42. The summed E-state index contributed by atoms with van der Waals surface area (Å²) in [6, 6.07) is 13.7. The molecule has 0 radical (unpaired) electrons. The lowest BCUT2D eigenvalue weighted by Gasteiger charge is -2.14. The number of rotatable bonds is 8. The second-order valence-corrected chi connectivity index (χ2v) is 9.62. The Morgan fingerprint density at radius 2 is 1.84 bits per heavy atom. The summed E-state index contributed by atoms with van der Waals surface area (Å²) in [4.78, 5) is 13.1. The summed E-state index contributed by atoms with van der Waals surface area (Å²) in [5, 5.41) is 0. The largest absolute Gasteiger partial charge is 0.417 e. The third-order valence-corrected chi connectivity index (χ3v) is 6.49. The van der Waals surface area contributed by atoms with E-state index >= 15 is 0 Å². The first-order chi connectivity index (χ1) is 14.7. The number of allylic oxidation sites excluding steroid dienone is 5. The number of benzene rings is 2. The van der Waals surface area contributed by atoms with Gasteiger partial charge in [0.05, 0.1) is 5.56 Å². The first kappa shape index (κ1) is 25.0. The van der Waals surface area contributed by atoms with E-state index in [0.29, 0.717) is 11.1 Å². The first-order valence-corrected chi connectivity index (χ1v) is 12.5. The van der Waals surface area contributed by atoms with Gasteiger partial charge in [0.15, 0.2) is 5.78 Å². The number of halogens is 4. The molecule has 0 saturated carbocycles. The Morgan fingerprint density at radius 3 is 2.42 bits per heavy atom. The van der Waals surface area contributed by atoms with E-state index in [0.717, 1.165) is 16.1 Å². The van der Waals surface area contributed by atoms with Gasteiger partial charge in [0, 0.05) is 11.1 Å². The molecule has 1 atom stereocenters. The second-order valence-electron chi connectivity index (χ2n) is 7.24. The van der Waals surface area contributed by atoms with Crippen LogP contribution in [0.1, 0.15) is 47.8 Å². The normalized spacial score (nSPS) is 14.1. The molecule has 164 valence electrons. The standard InChI is InChI=1S/C26H26F3IO/c1-5-9-22(19(3)30-4)25(31)23-17-21(14-15-24(23)26(27,28)29)13-12-18(2)16-20-10-7-6-8-11-20/h5-15,17-18H,4,16H2,1-3H3/b9-5-,13-12-,22-19+. The highest BCUT2D eigenvalue weighted by Gasteiger charge is 2.35. The number of carbonyl (C=O) groups excluding carboxylic acids is 1. The van der Waals surface area contributed by atoms with Crippen LogP contribution in [0.5, 0.6) is 0 Å². The van der Waals surface area contributed by atoms with Crippen molar-refractivity contribution in [1.29, 1.82) is 0 Å². The van der Waals surface area contributed by atoms with E-state index < -0.39 is 38.3 Å². The van der Waals surface area contributed by atoms with E-state index in [1.54, 1.807) is 32.1 Å². The van der Waals surface area contributed by atoms with Crippen LogP contribution in [0, 0.1) is 5.92 Å². The highest BCUT2D eigenvalue weighted by Crippen LogP contribution is 2.35. The summed E-state index contributed by atoms with van der Waals surface area (Å²) in [5.74, 6) is -0.417. The van der Waals surface area contributed by atoms with Crippen molar-refractivity contribution >= 4 is 37.1 Å². The van der Waals surface area contributed by atoms with Crippen LogP contribution in [0.15, 0.2) is 75.9 Å². The van der Waals surface area contributed by atoms with Gasteiger partial charge in [0.25, 0.3) is 0 Å². The molecule has 0 aliphatic heterocycles. The fourth-order valence-corrected chi connectivity index (χ4v) is 4.00.